The van der Waals surface area contributed by atoms with Gasteiger partial charge >= 0.3 is 0 Å². The minimum atomic E-state index is -1.58. The monoisotopic (exact) mass is 525 g/mol. The van der Waals surface area contributed by atoms with E-state index in [2.05, 4.69) is 40.3 Å². The van der Waals surface area contributed by atoms with Gasteiger partial charge in [0, 0.05) is 54.1 Å². The molecular formula is C30H34F3N3O2. The summed E-state index contributed by atoms with van der Waals surface area (Å²) in [6.07, 6.45) is 10.1. The Hall–Kier alpha value is -3.10. The third-order valence-corrected chi connectivity index (χ3v) is 8.28. The molecule has 0 aliphatic carbocycles. The second-order valence-electron chi connectivity index (χ2n) is 10.6. The van der Waals surface area contributed by atoms with Gasteiger partial charge in [-0.2, -0.15) is 0 Å². The number of fused-ring (bicyclic) bond motifs is 1. The van der Waals surface area contributed by atoms with Crippen LogP contribution in [0.5, 0.6) is 0 Å². The number of benzene rings is 2. The summed E-state index contributed by atoms with van der Waals surface area (Å²) in [5.41, 5.74) is 2.36. The number of aromatic amines is 1. The number of allylic oxidation sites excluding steroid dienone is 1. The normalized spacial score (nSPS) is 19.0. The van der Waals surface area contributed by atoms with Gasteiger partial charge < -0.3 is 15.0 Å². The Labute approximate surface area is 220 Å². The second-order valence-corrected chi connectivity index (χ2v) is 10.6. The van der Waals surface area contributed by atoms with Gasteiger partial charge in [0.25, 0.3) is 0 Å². The van der Waals surface area contributed by atoms with E-state index in [1.165, 1.54) is 22.5 Å². The fourth-order valence-electron chi connectivity index (χ4n) is 6.04. The standard InChI is InChI=1S/C30H34F3N3O2/c31-26-16-22(17-27(32)30(26)33)29(38)9-12-35-10-5-20(6-11-35)15-23(19-37)36-13-7-21(8-14-36)25-18-34-28-4-2-1-3-24(25)28/h1-4,9,12,16-18,20-21,23,34,37H,5-8,10-11,13-15,19H2. The van der Waals surface area contributed by atoms with Gasteiger partial charge in [-0.25, -0.2) is 13.2 Å². The third kappa shape index (κ3) is 5.81. The van der Waals surface area contributed by atoms with Crippen molar-refractivity contribution in [3.05, 3.63) is 83.4 Å². The summed E-state index contributed by atoms with van der Waals surface area (Å²) < 4.78 is 40.0. The Balaban J connectivity index is 1.09. The minimum absolute atomic E-state index is 0.149. The lowest BCUT2D eigenvalue weighted by molar-refractivity contribution is 0.0724. The number of nitrogens with one attached hydrogen (secondary N) is 1. The van der Waals surface area contributed by atoms with Crippen LogP contribution in [0.2, 0.25) is 0 Å². The average molecular weight is 526 g/mol. The van der Waals surface area contributed by atoms with E-state index in [1.807, 2.05) is 4.90 Å². The van der Waals surface area contributed by atoms with E-state index in [0.29, 0.717) is 11.8 Å². The molecule has 0 spiro atoms. The molecule has 5 nitrogen and oxygen atoms in total. The largest absolute Gasteiger partial charge is 0.395 e. The maximum atomic E-state index is 13.4. The first kappa shape index (κ1) is 26.5. The van der Waals surface area contributed by atoms with Gasteiger partial charge in [0.2, 0.25) is 0 Å². The van der Waals surface area contributed by atoms with Crippen molar-refractivity contribution >= 4 is 16.7 Å². The van der Waals surface area contributed by atoms with Crippen LogP contribution in [0.1, 0.15) is 53.9 Å². The molecular weight excluding hydrogens is 491 g/mol. The molecule has 38 heavy (non-hydrogen) atoms. The lowest BCUT2D eigenvalue weighted by Gasteiger charge is -2.39. The Morgan fingerprint density at radius 3 is 2.39 bits per heavy atom. The van der Waals surface area contributed by atoms with E-state index in [1.54, 1.807) is 6.20 Å². The number of hydrogen-bond acceptors (Lipinski definition) is 4. The van der Waals surface area contributed by atoms with Gasteiger partial charge in [-0.3, -0.25) is 9.69 Å². The highest BCUT2D eigenvalue weighted by Crippen LogP contribution is 2.34. The lowest BCUT2D eigenvalue weighted by Crippen LogP contribution is -2.44. The van der Waals surface area contributed by atoms with E-state index >= 15 is 0 Å². The summed E-state index contributed by atoms with van der Waals surface area (Å²) in [6.45, 7) is 3.63. The molecule has 2 saturated heterocycles. The number of aromatic nitrogens is 1. The van der Waals surface area contributed by atoms with Crippen LogP contribution in [0.25, 0.3) is 10.9 Å². The lowest BCUT2D eigenvalue weighted by atomic mass is 9.86. The highest BCUT2D eigenvalue weighted by atomic mass is 19.2. The highest BCUT2D eigenvalue weighted by molar-refractivity contribution is 6.04. The zero-order valence-corrected chi connectivity index (χ0v) is 21.4. The Morgan fingerprint density at radius 2 is 1.71 bits per heavy atom. The number of ketones is 1. The number of likely N-dealkylation sites (tertiary alicyclic amines) is 2. The number of rotatable bonds is 8. The molecule has 202 valence electrons. The van der Waals surface area contributed by atoms with Gasteiger partial charge in [0.05, 0.1) is 6.61 Å². The van der Waals surface area contributed by atoms with Gasteiger partial charge in [-0.15, -0.1) is 0 Å². The number of aliphatic hydroxyl groups excluding tert-OH is 1. The minimum Gasteiger partial charge on any atom is -0.395 e. The van der Waals surface area contributed by atoms with Crippen LogP contribution >= 0.6 is 0 Å². The zero-order chi connectivity index (χ0) is 26.6. The van der Waals surface area contributed by atoms with E-state index < -0.39 is 23.2 Å². The van der Waals surface area contributed by atoms with Crippen LogP contribution in [0.4, 0.5) is 13.2 Å². The van der Waals surface area contributed by atoms with Crippen LogP contribution < -0.4 is 0 Å². The van der Waals surface area contributed by atoms with Crippen molar-refractivity contribution in [2.75, 3.05) is 32.8 Å². The van der Waals surface area contributed by atoms with Crippen LogP contribution in [0.3, 0.4) is 0 Å². The Kier molecular flexibility index (Phi) is 8.19. The molecule has 2 aromatic carbocycles. The number of hydrogen-bond donors (Lipinski definition) is 2. The van der Waals surface area contributed by atoms with Gasteiger partial charge in [0.1, 0.15) is 0 Å². The summed E-state index contributed by atoms with van der Waals surface area (Å²) in [6, 6.07) is 10.0. The van der Waals surface area contributed by atoms with E-state index in [-0.39, 0.29) is 18.2 Å². The molecule has 2 N–H and O–H groups in total. The first-order chi connectivity index (χ1) is 18.4. The zero-order valence-electron chi connectivity index (χ0n) is 21.4. The molecule has 1 aromatic heterocycles. The number of piperidine rings is 2. The molecule has 0 radical (unpaired) electrons. The van der Waals surface area contributed by atoms with Crippen molar-refractivity contribution < 1.29 is 23.1 Å². The summed E-state index contributed by atoms with van der Waals surface area (Å²) in [5.74, 6) is -3.87. The highest BCUT2D eigenvalue weighted by Gasteiger charge is 2.29. The van der Waals surface area contributed by atoms with Crippen molar-refractivity contribution in [3.8, 4) is 0 Å². The van der Waals surface area contributed by atoms with Crippen LogP contribution in [0, 0.1) is 23.4 Å². The van der Waals surface area contributed by atoms with Crippen molar-refractivity contribution in [1.29, 1.82) is 0 Å². The van der Waals surface area contributed by atoms with Gasteiger partial charge in [0.15, 0.2) is 23.2 Å². The molecule has 0 bridgehead atoms. The molecule has 2 aliphatic rings. The molecule has 0 amide bonds. The molecule has 5 rings (SSSR count). The first-order valence-electron chi connectivity index (χ1n) is 13.4. The number of para-hydroxylation sites is 1. The van der Waals surface area contributed by atoms with Crippen LogP contribution in [-0.4, -0.2) is 64.5 Å². The number of nitrogens with zero attached hydrogens (tertiary/aromatic N) is 2. The molecule has 8 heteroatoms. The molecule has 2 aliphatic heterocycles. The molecule has 2 fully saturated rings. The maximum absolute atomic E-state index is 13.4. The van der Waals surface area contributed by atoms with E-state index in [4.69, 9.17) is 0 Å². The topological polar surface area (TPSA) is 59.6 Å². The number of carbonyl (C=O) groups excluding carboxylic acids is 1. The number of aliphatic hydroxyl groups is 1. The molecule has 3 heterocycles. The van der Waals surface area contributed by atoms with Crippen LogP contribution in [-0.2, 0) is 0 Å². The van der Waals surface area contributed by atoms with Crippen molar-refractivity contribution in [2.45, 2.75) is 44.1 Å². The molecule has 1 atom stereocenters. The van der Waals surface area contributed by atoms with Crippen molar-refractivity contribution in [1.82, 2.24) is 14.8 Å². The number of carbonyl (C=O) groups is 1. The van der Waals surface area contributed by atoms with Crippen molar-refractivity contribution in [3.63, 3.8) is 0 Å². The predicted octanol–water partition coefficient (Wildman–Crippen LogP) is 5.62. The van der Waals surface area contributed by atoms with E-state index in [0.717, 1.165) is 70.4 Å². The quantitative estimate of drug-likeness (QED) is 0.228. The first-order valence-corrected chi connectivity index (χ1v) is 13.4. The molecule has 0 saturated carbocycles. The predicted molar refractivity (Wildman–Crippen MR) is 141 cm³/mol. The maximum Gasteiger partial charge on any atom is 0.194 e. The van der Waals surface area contributed by atoms with E-state index in [9.17, 15) is 23.1 Å². The summed E-state index contributed by atoms with van der Waals surface area (Å²) >= 11 is 0. The molecule has 3 aromatic rings. The van der Waals surface area contributed by atoms with Gasteiger partial charge in [-0.05, 0) is 80.8 Å². The fraction of sp³-hybridized carbons (Fsp3) is 0.433. The van der Waals surface area contributed by atoms with Crippen LogP contribution in [0.15, 0.2) is 54.9 Å². The third-order valence-electron chi connectivity index (χ3n) is 8.28. The average Bonchev–Trinajstić information content (AvgIpc) is 3.38. The Bertz CT molecular complexity index is 1270. The fourth-order valence-corrected chi connectivity index (χ4v) is 6.04. The summed E-state index contributed by atoms with van der Waals surface area (Å²) in [5, 5.41) is 11.5. The summed E-state index contributed by atoms with van der Waals surface area (Å²) in [7, 11) is 0. The smallest absolute Gasteiger partial charge is 0.194 e. The Morgan fingerprint density at radius 1 is 1.03 bits per heavy atom. The van der Waals surface area contributed by atoms with Crippen molar-refractivity contribution in [2.24, 2.45) is 5.92 Å². The molecule has 1 unspecified atom stereocenters. The number of halogens is 3. The SMILES string of the molecule is O=C(C=CN1CCC(CC(CO)N2CCC(c3c[nH]c4ccccc34)CC2)CC1)c1cc(F)c(F)c(F)c1. The second kappa shape index (κ2) is 11.7. The number of H-pyrrole nitrogens is 1. The van der Waals surface area contributed by atoms with Gasteiger partial charge in [-0.1, -0.05) is 18.2 Å². The summed E-state index contributed by atoms with van der Waals surface area (Å²) in [4.78, 5) is 20.1.